The summed E-state index contributed by atoms with van der Waals surface area (Å²) in [6.45, 7) is 4.83. The highest BCUT2D eigenvalue weighted by atomic mass is 15.2. The first-order valence-corrected chi connectivity index (χ1v) is 26.7. The van der Waals surface area contributed by atoms with Crippen molar-refractivity contribution in [1.82, 2.24) is 0 Å². The molecule has 71 heavy (non-hydrogen) atoms. The molecule has 9 aliphatic rings. The van der Waals surface area contributed by atoms with Gasteiger partial charge in [-0.2, -0.15) is 0 Å². The highest BCUT2D eigenvalue weighted by Crippen LogP contribution is 2.61. The van der Waals surface area contributed by atoms with E-state index in [1.165, 1.54) is 139 Å². The van der Waals surface area contributed by atoms with Crippen LogP contribution in [0, 0.1) is 17.8 Å². The van der Waals surface area contributed by atoms with Crippen LogP contribution < -0.4 is 9.80 Å². The van der Waals surface area contributed by atoms with Gasteiger partial charge in [0.05, 0.1) is 5.69 Å². The quantitative estimate of drug-likeness (QED) is 0.150. The van der Waals surface area contributed by atoms with Crippen LogP contribution in [-0.4, -0.2) is 0 Å². The zero-order chi connectivity index (χ0) is 47.3. The number of rotatable bonds is 8. The van der Waals surface area contributed by atoms with E-state index in [0.717, 1.165) is 43.4 Å². The van der Waals surface area contributed by atoms with Gasteiger partial charge < -0.3 is 9.80 Å². The van der Waals surface area contributed by atoms with E-state index in [1.54, 1.807) is 5.56 Å². The Morgan fingerprint density at radius 1 is 0.394 bits per heavy atom. The number of para-hydroxylation sites is 1. The van der Waals surface area contributed by atoms with Gasteiger partial charge in [0.15, 0.2) is 0 Å². The smallest absolute Gasteiger partial charge is 0.0540 e. The van der Waals surface area contributed by atoms with Crippen molar-refractivity contribution in [3.63, 3.8) is 0 Å². The lowest BCUT2D eigenvalue weighted by molar-refractivity contribution is -0.00518. The van der Waals surface area contributed by atoms with E-state index < -0.39 is 0 Å². The fourth-order valence-electron chi connectivity index (χ4n) is 14.8. The van der Waals surface area contributed by atoms with Crippen molar-refractivity contribution in [2.24, 2.45) is 17.8 Å². The van der Waals surface area contributed by atoms with E-state index in [9.17, 15) is 0 Å². The summed E-state index contributed by atoms with van der Waals surface area (Å²) in [4.78, 5) is 5.15. The molecular formula is C69H62N2. The van der Waals surface area contributed by atoms with Gasteiger partial charge in [0.2, 0.25) is 0 Å². The summed E-state index contributed by atoms with van der Waals surface area (Å²) in [6.07, 6.45) is 12.4. The van der Waals surface area contributed by atoms with Crippen LogP contribution in [0.3, 0.4) is 0 Å². The second-order valence-electron chi connectivity index (χ2n) is 22.7. The molecular weight excluding hydrogens is 857 g/mol. The Kier molecular flexibility index (Phi) is 10.1. The SMILES string of the molecule is CC1(C)c2cc(-c3ccccc3)ccc2-c2ccc(N(c3cc4ccc3CCc3ccc(c(N(c5ccccc5)c5ccc(C67CC8CC(CC(C8)C6)C7)cc5)c3)CC4)c3cccc4ccccc34)cc21. The zero-order valence-electron chi connectivity index (χ0n) is 41.3. The van der Waals surface area contributed by atoms with Crippen molar-refractivity contribution in [1.29, 1.82) is 0 Å². The number of hydrogen-bond donors (Lipinski definition) is 0. The van der Waals surface area contributed by atoms with Gasteiger partial charge in [-0.15, -0.1) is 0 Å². The number of benzene rings is 9. The standard InChI is InChI=1S/C69H62N2/c1-68(2)63-41-55(51-12-5-3-6-13-51)28-34-61(63)62-35-33-59(42-64(62)68)71(65-19-11-15-52-14-9-10-18-60(52)65)67-40-47-21-25-53-24-20-46(22-26-54(67)27-23-47)39-66(53)70(57-16-7-4-8-17-57)58-31-29-56(30-32-58)69-43-48-36-49(44-69)38-50(37-48)45-69/h3-20,23-24,27-35,39-42,48-50H,21-22,25-26,36-38,43-45H2,1-2H3. The maximum Gasteiger partial charge on any atom is 0.0540 e. The van der Waals surface area contributed by atoms with Crippen LogP contribution >= 0.6 is 0 Å². The maximum absolute atomic E-state index is 2.60. The number of aryl methyl sites for hydroxylation is 4. The molecule has 0 amide bonds. The van der Waals surface area contributed by atoms with Crippen LogP contribution in [0.5, 0.6) is 0 Å². The average molecular weight is 919 g/mol. The van der Waals surface area contributed by atoms with Gasteiger partial charge >= 0.3 is 0 Å². The molecule has 0 N–H and O–H groups in total. The molecule has 4 saturated carbocycles. The maximum atomic E-state index is 2.60. The van der Waals surface area contributed by atoms with Gasteiger partial charge in [0, 0.05) is 39.2 Å². The monoisotopic (exact) mass is 918 g/mol. The van der Waals surface area contributed by atoms with Gasteiger partial charge in [-0.1, -0.05) is 153 Å². The molecule has 9 aromatic carbocycles. The molecule has 0 spiro atoms. The summed E-state index contributed by atoms with van der Waals surface area (Å²) >= 11 is 0. The number of hydrogen-bond acceptors (Lipinski definition) is 2. The lowest BCUT2D eigenvalue weighted by atomic mass is 9.48. The first-order chi connectivity index (χ1) is 34.8. The van der Waals surface area contributed by atoms with Gasteiger partial charge in [-0.3, -0.25) is 0 Å². The molecule has 0 atom stereocenters. The molecule has 8 bridgehead atoms. The molecule has 0 aliphatic heterocycles. The molecule has 0 heterocycles. The second-order valence-corrected chi connectivity index (χ2v) is 22.7. The molecule has 4 fully saturated rings. The van der Waals surface area contributed by atoms with Crippen LogP contribution in [0.2, 0.25) is 0 Å². The summed E-state index contributed by atoms with van der Waals surface area (Å²) in [7, 11) is 0. The Morgan fingerprint density at radius 2 is 0.944 bits per heavy atom. The number of nitrogens with zero attached hydrogens (tertiary/aromatic N) is 2. The molecule has 2 heteroatoms. The lowest BCUT2D eigenvalue weighted by Crippen LogP contribution is -2.48. The van der Waals surface area contributed by atoms with Gasteiger partial charge in [-0.05, 0) is 215 Å². The Labute approximate surface area is 420 Å². The van der Waals surface area contributed by atoms with Gasteiger partial charge in [-0.25, -0.2) is 0 Å². The van der Waals surface area contributed by atoms with Crippen molar-refractivity contribution >= 4 is 44.9 Å². The molecule has 0 radical (unpaired) electrons. The van der Waals surface area contributed by atoms with Crippen LogP contribution in [0.25, 0.3) is 33.0 Å². The van der Waals surface area contributed by atoms with Crippen LogP contribution in [-0.2, 0) is 36.5 Å². The minimum Gasteiger partial charge on any atom is -0.310 e. The Hall–Kier alpha value is -7.16. The lowest BCUT2D eigenvalue weighted by Gasteiger charge is -2.57. The molecule has 0 saturated heterocycles. The summed E-state index contributed by atoms with van der Waals surface area (Å²) in [5, 5.41) is 2.51. The minimum absolute atomic E-state index is 0.175. The molecule has 0 unspecified atom stereocenters. The van der Waals surface area contributed by atoms with Crippen LogP contribution in [0.1, 0.15) is 91.3 Å². The van der Waals surface area contributed by atoms with Gasteiger partial charge in [0.1, 0.15) is 0 Å². The Balaban J connectivity index is 0.843. The Morgan fingerprint density at radius 3 is 1.62 bits per heavy atom. The molecule has 2 nitrogen and oxygen atoms in total. The summed E-state index contributed by atoms with van der Waals surface area (Å²) in [5.41, 5.74) is 22.7. The second kappa shape index (κ2) is 16.7. The third kappa shape index (κ3) is 7.27. The normalized spacial score (nSPS) is 21.1. The highest BCUT2D eigenvalue weighted by Gasteiger charge is 2.51. The van der Waals surface area contributed by atoms with E-state index in [1.807, 2.05) is 0 Å². The van der Waals surface area contributed by atoms with Crippen LogP contribution in [0.4, 0.5) is 34.1 Å². The summed E-state index contributed by atoms with van der Waals surface area (Å²) in [5.74, 6) is 2.81. The minimum atomic E-state index is -0.175. The number of fused-ring (bicyclic) bond motifs is 4. The summed E-state index contributed by atoms with van der Waals surface area (Å²) in [6, 6.07) is 76.8. The van der Waals surface area contributed by atoms with Crippen molar-refractivity contribution in [3.8, 4) is 22.3 Å². The molecule has 18 rings (SSSR count). The first kappa shape index (κ1) is 42.7. The van der Waals surface area contributed by atoms with Crippen molar-refractivity contribution in [2.45, 2.75) is 88.9 Å². The molecule has 348 valence electrons. The highest BCUT2D eigenvalue weighted by molar-refractivity contribution is 6.00. The fraction of sp³-hybridized carbons (Fsp3) is 0.246. The molecule has 0 aromatic heterocycles. The topological polar surface area (TPSA) is 6.48 Å². The molecule has 9 aliphatic carbocycles. The third-order valence-electron chi connectivity index (χ3n) is 18.0. The zero-order valence-corrected chi connectivity index (χ0v) is 41.3. The third-order valence-corrected chi connectivity index (χ3v) is 18.0. The predicted molar refractivity (Wildman–Crippen MR) is 297 cm³/mol. The fourth-order valence-corrected chi connectivity index (χ4v) is 14.8. The van der Waals surface area contributed by atoms with Crippen molar-refractivity contribution in [3.05, 3.63) is 239 Å². The van der Waals surface area contributed by atoms with E-state index in [4.69, 9.17) is 0 Å². The first-order valence-electron chi connectivity index (χ1n) is 26.7. The van der Waals surface area contributed by atoms with E-state index >= 15 is 0 Å². The van der Waals surface area contributed by atoms with E-state index in [0.29, 0.717) is 5.41 Å². The summed E-state index contributed by atoms with van der Waals surface area (Å²) < 4.78 is 0. The van der Waals surface area contributed by atoms with E-state index in [-0.39, 0.29) is 5.41 Å². The number of anilines is 6. The molecule has 9 aromatic rings. The van der Waals surface area contributed by atoms with Crippen molar-refractivity contribution < 1.29 is 0 Å². The largest absolute Gasteiger partial charge is 0.310 e. The Bertz CT molecular complexity index is 3450. The van der Waals surface area contributed by atoms with Crippen LogP contribution in [0.15, 0.2) is 200 Å². The van der Waals surface area contributed by atoms with E-state index in [2.05, 4.69) is 224 Å². The predicted octanol–water partition coefficient (Wildman–Crippen LogP) is 18.1. The van der Waals surface area contributed by atoms with Crippen molar-refractivity contribution in [2.75, 3.05) is 9.80 Å². The van der Waals surface area contributed by atoms with Gasteiger partial charge in [0.25, 0.3) is 0 Å². The average Bonchev–Trinajstić information content (AvgIpc) is 3.62.